The van der Waals surface area contributed by atoms with Crippen molar-refractivity contribution in [1.29, 1.82) is 0 Å². The molecule has 128 valence electrons. The standard InChI is InChI=1S/C17H24N6O/c1-13-20-14(11-16(18-2)21-13)15-5-3-9-23(15)17(24)6-4-8-22-10-7-19-12-22/h7,10-12,15H,3-6,8-9H2,1-2H3,(H,18,20,21)/t15-/m0/s1. The summed E-state index contributed by atoms with van der Waals surface area (Å²) in [5.41, 5.74) is 0.937. The van der Waals surface area contributed by atoms with E-state index < -0.39 is 0 Å². The van der Waals surface area contributed by atoms with Crippen LogP contribution in [0.25, 0.3) is 0 Å². The van der Waals surface area contributed by atoms with E-state index in [0.29, 0.717) is 6.42 Å². The maximum atomic E-state index is 12.6. The largest absolute Gasteiger partial charge is 0.373 e. The van der Waals surface area contributed by atoms with Crippen molar-refractivity contribution in [2.75, 3.05) is 18.9 Å². The second-order valence-corrected chi connectivity index (χ2v) is 6.12. The monoisotopic (exact) mass is 328 g/mol. The van der Waals surface area contributed by atoms with E-state index in [9.17, 15) is 4.79 Å². The fourth-order valence-electron chi connectivity index (χ4n) is 3.24. The van der Waals surface area contributed by atoms with Crippen LogP contribution in [0.1, 0.15) is 43.2 Å². The Morgan fingerprint density at radius 2 is 2.29 bits per heavy atom. The molecule has 1 amide bonds. The van der Waals surface area contributed by atoms with Crippen molar-refractivity contribution >= 4 is 11.7 Å². The predicted octanol–water partition coefficient (Wildman–Crippen LogP) is 2.17. The molecule has 7 heteroatoms. The Bertz CT molecular complexity index is 684. The first-order valence-electron chi connectivity index (χ1n) is 8.46. The molecule has 1 aliphatic heterocycles. The molecule has 24 heavy (non-hydrogen) atoms. The van der Waals surface area contributed by atoms with Crippen molar-refractivity contribution in [3.8, 4) is 0 Å². The Balaban J connectivity index is 1.64. The Morgan fingerprint density at radius 3 is 3.04 bits per heavy atom. The Kier molecular flexibility index (Phi) is 5.08. The zero-order chi connectivity index (χ0) is 16.9. The van der Waals surface area contributed by atoms with Gasteiger partial charge >= 0.3 is 0 Å². The average molecular weight is 328 g/mol. The molecular weight excluding hydrogens is 304 g/mol. The first-order valence-corrected chi connectivity index (χ1v) is 8.46. The lowest BCUT2D eigenvalue weighted by atomic mass is 10.1. The van der Waals surface area contributed by atoms with Gasteiger partial charge in [-0.05, 0) is 26.2 Å². The van der Waals surface area contributed by atoms with E-state index in [4.69, 9.17) is 0 Å². The van der Waals surface area contributed by atoms with Crippen molar-refractivity contribution in [2.45, 2.75) is 45.2 Å². The Labute approximate surface area is 142 Å². The van der Waals surface area contributed by atoms with Crippen LogP contribution in [-0.2, 0) is 11.3 Å². The lowest BCUT2D eigenvalue weighted by molar-refractivity contribution is -0.132. The number of imidazole rings is 1. The number of rotatable bonds is 6. The van der Waals surface area contributed by atoms with Crippen LogP contribution >= 0.6 is 0 Å². The van der Waals surface area contributed by atoms with Crippen molar-refractivity contribution in [3.63, 3.8) is 0 Å². The Hall–Kier alpha value is -2.44. The summed E-state index contributed by atoms with van der Waals surface area (Å²) >= 11 is 0. The molecule has 1 aliphatic rings. The SMILES string of the molecule is CNc1cc([C@@H]2CCCN2C(=O)CCCn2ccnc2)nc(C)n1. The number of amides is 1. The van der Waals surface area contributed by atoms with Gasteiger partial charge < -0.3 is 14.8 Å². The van der Waals surface area contributed by atoms with Gasteiger partial charge in [0.2, 0.25) is 5.91 Å². The first kappa shape index (κ1) is 16.4. The second kappa shape index (κ2) is 7.42. The summed E-state index contributed by atoms with van der Waals surface area (Å²) in [4.78, 5) is 27.5. The molecule has 0 aliphatic carbocycles. The van der Waals surface area contributed by atoms with Crippen LogP contribution in [0.15, 0.2) is 24.8 Å². The van der Waals surface area contributed by atoms with Gasteiger partial charge in [-0.3, -0.25) is 4.79 Å². The summed E-state index contributed by atoms with van der Waals surface area (Å²) in [6.07, 6.45) is 8.83. The number of nitrogens with zero attached hydrogens (tertiary/aromatic N) is 5. The number of hydrogen-bond acceptors (Lipinski definition) is 5. The zero-order valence-electron chi connectivity index (χ0n) is 14.3. The summed E-state index contributed by atoms with van der Waals surface area (Å²) in [7, 11) is 1.85. The van der Waals surface area contributed by atoms with Gasteiger partial charge in [0.1, 0.15) is 11.6 Å². The van der Waals surface area contributed by atoms with E-state index in [1.807, 2.05) is 35.7 Å². The average Bonchev–Trinajstić information content (AvgIpc) is 3.25. The van der Waals surface area contributed by atoms with E-state index >= 15 is 0 Å². The minimum absolute atomic E-state index is 0.0690. The zero-order valence-corrected chi connectivity index (χ0v) is 14.3. The summed E-state index contributed by atoms with van der Waals surface area (Å²) in [6, 6.07) is 2.02. The van der Waals surface area contributed by atoms with E-state index in [0.717, 1.165) is 49.7 Å². The van der Waals surface area contributed by atoms with Crippen LogP contribution in [0.4, 0.5) is 5.82 Å². The van der Waals surface area contributed by atoms with Crippen LogP contribution in [0, 0.1) is 6.92 Å². The van der Waals surface area contributed by atoms with Gasteiger partial charge in [0.25, 0.3) is 0 Å². The van der Waals surface area contributed by atoms with Gasteiger partial charge in [0, 0.05) is 45.0 Å². The number of hydrogen-bond donors (Lipinski definition) is 1. The van der Waals surface area contributed by atoms with E-state index in [1.54, 1.807) is 12.5 Å². The molecule has 0 bridgehead atoms. The summed E-state index contributed by atoms with van der Waals surface area (Å²) in [5.74, 6) is 1.74. The van der Waals surface area contributed by atoms with Crippen molar-refractivity contribution < 1.29 is 4.79 Å². The minimum atomic E-state index is 0.0690. The highest BCUT2D eigenvalue weighted by molar-refractivity contribution is 5.77. The fourth-order valence-corrected chi connectivity index (χ4v) is 3.24. The smallest absolute Gasteiger partial charge is 0.223 e. The number of carbonyl (C=O) groups excluding carboxylic acids is 1. The second-order valence-electron chi connectivity index (χ2n) is 6.12. The molecule has 0 radical (unpaired) electrons. The summed E-state index contributed by atoms with van der Waals surface area (Å²) < 4.78 is 2.00. The molecule has 3 heterocycles. The first-order chi connectivity index (χ1) is 11.7. The van der Waals surface area contributed by atoms with Crippen molar-refractivity contribution in [2.24, 2.45) is 0 Å². The summed E-state index contributed by atoms with van der Waals surface area (Å²) in [6.45, 7) is 3.52. The maximum absolute atomic E-state index is 12.6. The molecule has 0 aromatic carbocycles. The molecule has 3 rings (SSSR count). The number of likely N-dealkylation sites (tertiary alicyclic amines) is 1. The topological polar surface area (TPSA) is 75.9 Å². The normalized spacial score (nSPS) is 17.2. The summed E-state index contributed by atoms with van der Waals surface area (Å²) in [5, 5.41) is 3.06. The van der Waals surface area contributed by atoms with Gasteiger partial charge in [0.15, 0.2) is 0 Å². The highest BCUT2D eigenvalue weighted by atomic mass is 16.2. The third kappa shape index (κ3) is 3.72. The lowest BCUT2D eigenvalue weighted by Crippen LogP contribution is -2.31. The van der Waals surface area contributed by atoms with Crippen LogP contribution in [0.5, 0.6) is 0 Å². The molecule has 0 saturated carbocycles. The number of aryl methyl sites for hydroxylation is 2. The van der Waals surface area contributed by atoms with Gasteiger partial charge in [-0.2, -0.15) is 0 Å². The number of nitrogens with one attached hydrogen (secondary N) is 1. The molecule has 0 unspecified atom stereocenters. The van der Waals surface area contributed by atoms with Crippen molar-refractivity contribution in [3.05, 3.63) is 36.3 Å². The molecule has 7 nitrogen and oxygen atoms in total. The lowest BCUT2D eigenvalue weighted by Gasteiger charge is -2.25. The number of aromatic nitrogens is 4. The molecule has 1 N–H and O–H groups in total. The van der Waals surface area contributed by atoms with Gasteiger partial charge in [-0.15, -0.1) is 0 Å². The molecule has 1 fully saturated rings. The highest BCUT2D eigenvalue weighted by Gasteiger charge is 2.30. The predicted molar refractivity (Wildman–Crippen MR) is 91.5 cm³/mol. The molecule has 0 spiro atoms. The molecule has 2 aromatic heterocycles. The van der Waals surface area contributed by atoms with Crippen LogP contribution in [0.3, 0.4) is 0 Å². The maximum Gasteiger partial charge on any atom is 0.223 e. The highest BCUT2D eigenvalue weighted by Crippen LogP contribution is 2.32. The van der Waals surface area contributed by atoms with E-state index in [2.05, 4.69) is 20.3 Å². The molecule has 2 aromatic rings. The fraction of sp³-hybridized carbons (Fsp3) is 0.529. The minimum Gasteiger partial charge on any atom is -0.373 e. The molecule has 1 atom stereocenters. The van der Waals surface area contributed by atoms with Gasteiger partial charge in [-0.1, -0.05) is 0 Å². The van der Waals surface area contributed by atoms with Crippen LogP contribution in [-0.4, -0.2) is 43.9 Å². The quantitative estimate of drug-likeness (QED) is 0.879. The van der Waals surface area contributed by atoms with Gasteiger partial charge in [0.05, 0.1) is 18.1 Å². The third-order valence-corrected chi connectivity index (χ3v) is 4.39. The third-order valence-electron chi connectivity index (χ3n) is 4.39. The van der Waals surface area contributed by atoms with Gasteiger partial charge in [-0.25, -0.2) is 15.0 Å². The van der Waals surface area contributed by atoms with Crippen LogP contribution in [0.2, 0.25) is 0 Å². The number of anilines is 1. The van der Waals surface area contributed by atoms with E-state index in [-0.39, 0.29) is 11.9 Å². The van der Waals surface area contributed by atoms with E-state index in [1.165, 1.54) is 0 Å². The van der Waals surface area contributed by atoms with Crippen LogP contribution < -0.4 is 5.32 Å². The molecular formula is C17H24N6O. The molecule has 1 saturated heterocycles. The van der Waals surface area contributed by atoms with Crippen molar-refractivity contribution in [1.82, 2.24) is 24.4 Å². The Morgan fingerprint density at radius 1 is 1.42 bits per heavy atom. The number of carbonyl (C=O) groups is 1.